The van der Waals surface area contributed by atoms with E-state index in [9.17, 15) is 4.79 Å². The molecule has 4 heteroatoms. The zero-order valence-corrected chi connectivity index (χ0v) is 12.1. The van der Waals surface area contributed by atoms with Crippen molar-refractivity contribution in [3.8, 4) is 0 Å². The van der Waals surface area contributed by atoms with Crippen LogP contribution in [0.5, 0.6) is 0 Å². The third-order valence-electron chi connectivity index (χ3n) is 2.49. The molecule has 0 saturated carbocycles. The third-order valence-corrected chi connectivity index (χ3v) is 2.49. The first-order valence-electron chi connectivity index (χ1n) is 6.26. The Kier molecular flexibility index (Phi) is 6.13. The number of likely N-dealkylation sites (N-methyl/N-ethyl adjacent to an activating group) is 1. The molecular weight excluding hydrogens is 218 g/mol. The van der Waals surface area contributed by atoms with Crippen LogP contribution in [0.3, 0.4) is 0 Å². The van der Waals surface area contributed by atoms with E-state index in [1.54, 1.807) is 0 Å². The number of ether oxygens (including phenoxy) is 1. The number of hydrogen-bond acceptors (Lipinski definition) is 2. The lowest BCUT2D eigenvalue weighted by atomic mass is 10.0. The maximum absolute atomic E-state index is 10.9. The van der Waals surface area contributed by atoms with E-state index >= 15 is 0 Å². The molecular formula is C13H28NO3+. The van der Waals surface area contributed by atoms with Gasteiger partial charge in [-0.2, -0.15) is 0 Å². The summed E-state index contributed by atoms with van der Waals surface area (Å²) in [7, 11) is 6.14. The van der Waals surface area contributed by atoms with Crippen LogP contribution in [0.25, 0.3) is 0 Å². The molecule has 0 aromatic carbocycles. The van der Waals surface area contributed by atoms with Gasteiger partial charge in [-0.1, -0.05) is 13.3 Å². The third kappa shape index (κ3) is 9.12. The van der Waals surface area contributed by atoms with Gasteiger partial charge in [-0.3, -0.25) is 4.79 Å². The summed E-state index contributed by atoms with van der Waals surface area (Å²) in [6.07, 6.45) is 1.83. The van der Waals surface area contributed by atoms with Crippen molar-refractivity contribution >= 4 is 5.97 Å². The fraction of sp³-hybridized carbons (Fsp3) is 0.923. The highest BCUT2D eigenvalue weighted by Crippen LogP contribution is 2.21. The molecule has 0 unspecified atom stereocenters. The Balaban J connectivity index is 4.53. The monoisotopic (exact) mass is 246 g/mol. The first-order chi connectivity index (χ1) is 7.56. The van der Waals surface area contributed by atoms with E-state index < -0.39 is 5.97 Å². The summed E-state index contributed by atoms with van der Waals surface area (Å²) in [5, 5.41) is 8.92. The van der Waals surface area contributed by atoms with Gasteiger partial charge in [0.05, 0.1) is 33.2 Å². The highest BCUT2D eigenvalue weighted by molar-refractivity contribution is 5.67. The summed E-state index contributed by atoms with van der Waals surface area (Å²) >= 11 is 0. The van der Waals surface area contributed by atoms with Gasteiger partial charge in [0.1, 0.15) is 12.6 Å². The fourth-order valence-corrected chi connectivity index (χ4v) is 2.06. The molecule has 0 heterocycles. The topological polar surface area (TPSA) is 46.5 Å². The van der Waals surface area contributed by atoms with Crippen LogP contribution in [0.4, 0.5) is 0 Å². The Morgan fingerprint density at radius 2 is 1.88 bits per heavy atom. The molecule has 102 valence electrons. The van der Waals surface area contributed by atoms with Crippen LogP contribution >= 0.6 is 0 Å². The number of carboxylic acids is 1. The summed E-state index contributed by atoms with van der Waals surface area (Å²) in [5.74, 6) is -0.796. The Bertz CT molecular complexity index is 244. The highest BCUT2D eigenvalue weighted by Gasteiger charge is 2.28. The molecule has 0 spiro atoms. The Morgan fingerprint density at radius 3 is 2.24 bits per heavy atom. The number of carboxylic acid groups (broad SMARTS) is 1. The van der Waals surface area contributed by atoms with Gasteiger partial charge in [0, 0.05) is 0 Å². The molecule has 0 radical (unpaired) electrons. The molecule has 0 aliphatic rings. The van der Waals surface area contributed by atoms with Crippen molar-refractivity contribution in [1.82, 2.24) is 0 Å². The van der Waals surface area contributed by atoms with Crippen LogP contribution in [0.2, 0.25) is 0 Å². The van der Waals surface area contributed by atoms with Gasteiger partial charge in [0.2, 0.25) is 0 Å². The Hall–Kier alpha value is -0.610. The highest BCUT2D eigenvalue weighted by atomic mass is 16.5. The number of aliphatic carboxylic acids is 1. The second kappa shape index (κ2) is 6.36. The summed E-state index contributed by atoms with van der Waals surface area (Å²) in [6.45, 7) is 6.87. The van der Waals surface area contributed by atoms with Gasteiger partial charge >= 0.3 is 5.97 Å². The van der Waals surface area contributed by atoms with Gasteiger partial charge in [-0.15, -0.1) is 0 Å². The van der Waals surface area contributed by atoms with Gasteiger partial charge in [0.25, 0.3) is 0 Å². The molecule has 0 rings (SSSR count). The summed E-state index contributed by atoms with van der Waals surface area (Å²) in [6, 6.07) is 0. The predicted molar refractivity (Wildman–Crippen MR) is 69.0 cm³/mol. The molecule has 0 fully saturated rings. The zero-order chi connectivity index (χ0) is 13.7. The second-order valence-electron chi connectivity index (χ2n) is 6.32. The van der Waals surface area contributed by atoms with Crippen LogP contribution in [-0.2, 0) is 9.53 Å². The minimum atomic E-state index is -0.796. The number of quaternary nitrogens is 1. The van der Waals surface area contributed by atoms with Crippen molar-refractivity contribution in [3.63, 3.8) is 0 Å². The molecule has 1 atom stereocenters. The quantitative estimate of drug-likeness (QED) is 0.667. The molecule has 0 bridgehead atoms. The SMILES string of the molecule is CCCC(C)(C)O[C@@H](CC(=O)O)C[N+](C)(C)C. The predicted octanol–water partition coefficient (Wildman–Crippen LogP) is 2.13. The molecule has 4 nitrogen and oxygen atoms in total. The maximum Gasteiger partial charge on any atom is 0.306 e. The number of nitrogens with zero attached hydrogens (tertiary/aromatic N) is 1. The van der Waals surface area contributed by atoms with Gasteiger partial charge in [0.15, 0.2) is 0 Å². The molecule has 0 aromatic heterocycles. The standard InChI is InChI=1S/C13H27NO3/c1-7-8-13(2,3)17-11(9-12(15)16)10-14(4,5)6/h11H,7-10H2,1-6H3/p+1/t11-/m0/s1. The normalized spacial score (nSPS) is 14.7. The van der Waals surface area contributed by atoms with E-state index in [1.807, 2.05) is 35.0 Å². The average Bonchev–Trinajstić information content (AvgIpc) is 1.96. The lowest BCUT2D eigenvalue weighted by Gasteiger charge is -2.34. The van der Waals surface area contributed by atoms with E-state index in [1.165, 1.54) is 0 Å². The van der Waals surface area contributed by atoms with E-state index in [0.29, 0.717) is 11.0 Å². The molecule has 0 aliphatic heterocycles. The molecule has 0 amide bonds. The molecule has 17 heavy (non-hydrogen) atoms. The van der Waals surface area contributed by atoms with Gasteiger partial charge in [-0.05, 0) is 20.3 Å². The van der Waals surface area contributed by atoms with Crippen LogP contribution in [-0.4, -0.2) is 55.0 Å². The van der Waals surface area contributed by atoms with Crippen molar-refractivity contribution in [3.05, 3.63) is 0 Å². The van der Waals surface area contributed by atoms with Crippen molar-refractivity contribution < 1.29 is 19.1 Å². The summed E-state index contributed by atoms with van der Waals surface area (Å²) < 4.78 is 6.68. The second-order valence-corrected chi connectivity index (χ2v) is 6.32. The van der Waals surface area contributed by atoms with E-state index in [0.717, 1.165) is 12.8 Å². The number of carbonyl (C=O) groups is 1. The molecule has 0 aromatic rings. The zero-order valence-electron chi connectivity index (χ0n) is 12.1. The van der Waals surface area contributed by atoms with Crippen molar-refractivity contribution in [1.29, 1.82) is 0 Å². The largest absolute Gasteiger partial charge is 0.481 e. The summed E-state index contributed by atoms with van der Waals surface area (Å²) in [4.78, 5) is 10.9. The fourth-order valence-electron chi connectivity index (χ4n) is 2.06. The molecule has 0 aliphatic carbocycles. The minimum Gasteiger partial charge on any atom is -0.481 e. The minimum absolute atomic E-state index is 0.0721. The molecule has 1 N–H and O–H groups in total. The van der Waals surface area contributed by atoms with E-state index in [-0.39, 0.29) is 18.1 Å². The Morgan fingerprint density at radius 1 is 1.35 bits per heavy atom. The van der Waals surface area contributed by atoms with Crippen LogP contribution in [0.15, 0.2) is 0 Å². The lowest BCUT2D eigenvalue weighted by molar-refractivity contribution is -0.873. The number of hydrogen-bond donors (Lipinski definition) is 1. The van der Waals surface area contributed by atoms with Crippen molar-refractivity contribution in [2.24, 2.45) is 0 Å². The average molecular weight is 246 g/mol. The van der Waals surface area contributed by atoms with Gasteiger partial charge < -0.3 is 14.3 Å². The maximum atomic E-state index is 10.9. The van der Waals surface area contributed by atoms with Crippen molar-refractivity contribution in [2.45, 2.75) is 51.7 Å². The van der Waals surface area contributed by atoms with E-state index in [4.69, 9.17) is 9.84 Å². The van der Waals surface area contributed by atoms with Crippen LogP contribution in [0, 0.1) is 0 Å². The smallest absolute Gasteiger partial charge is 0.306 e. The first-order valence-corrected chi connectivity index (χ1v) is 6.26. The first kappa shape index (κ1) is 16.4. The summed E-state index contributed by atoms with van der Waals surface area (Å²) in [5.41, 5.74) is -0.246. The lowest BCUT2D eigenvalue weighted by Crippen LogP contribution is -2.45. The van der Waals surface area contributed by atoms with Crippen molar-refractivity contribution in [2.75, 3.05) is 27.7 Å². The van der Waals surface area contributed by atoms with E-state index in [2.05, 4.69) is 6.92 Å². The van der Waals surface area contributed by atoms with Crippen LogP contribution in [0.1, 0.15) is 40.0 Å². The Labute approximate surface area is 105 Å². The molecule has 0 saturated heterocycles. The van der Waals surface area contributed by atoms with Crippen LogP contribution < -0.4 is 0 Å². The van der Waals surface area contributed by atoms with Gasteiger partial charge in [-0.25, -0.2) is 0 Å². The number of rotatable bonds is 8.